The van der Waals surface area contributed by atoms with Crippen molar-refractivity contribution in [2.75, 3.05) is 26.7 Å². The number of hydrogen-bond donors (Lipinski definition) is 2. The number of rotatable bonds is 9. The first kappa shape index (κ1) is 29.3. The molecule has 0 spiro atoms. The van der Waals surface area contributed by atoms with Crippen molar-refractivity contribution in [3.63, 3.8) is 0 Å². The summed E-state index contributed by atoms with van der Waals surface area (Å²) in [6.07, 6.45) is 2.02. The number of nitrogens with zero attached hydrogens (tertiary/aromatic N) is 2. The van der Waals surface area contributed by atoms with Crippen molar-refractivity contribution in [3.05, 3.63) is 70.7 Å². The smallest absolute Gasteiger partial charge is 0.303 e. The Hall–Kier alpha value is -3.68. The molecule has 0 saturated carbocycles. The molecule has 0 radical (unpaired) electrons. The Morgan fingerprint density at radius 1 is 1.18 bits per heavy atom. The largest absolute Gasteiger partial charge is 0.497 e. The van der Waals surface area contributed by atoms with Gasteiger partial charge in [-0.1, -0.05) is 11.8 Å². The highest BCUT2D eigenvalue weighted by Gasteiger charge is 2.37. The molecule has 0 aliphatic carbocycles. The molecule has 1 atom stereocenters. The van der Waals surface area contributed by atoms with E-state index in [9.17, 15) is 32.6 Å². The van der Waals surface area contributed by atoms with Gasteiger partial charge in [-0.3, -0.25) is 14.7 Å². The first-order valence-corrected chi connectivity index (χ1v) is 12.9. The molecule has 1 aromatic heterocycles. The molecular formula is C30H30F4N2O4. The minimum atomic E-state index is -1.54. The Morgan fingerprint density at radius 2 is 1.88 bits per heavy atom. The fraction of sp³-hybridized carbons (Fsp3) is 0.400. The number of carboxylic acid groups (broad SMARTS) is 1. The van der Waals surface area contributed by atoms with Crippen LogP contribution in [0.3, 0.4) is 0 Å². The monoisotopic (exact) mass is 558 g/mol. The number of piperidine rings is 1. The van der Waals surface area contributed by atoms with Crippen LogP contribution in [0.15, 0.2) is 36.5 Å². The number of aliphatic hydroxyl groups is 1. The quantitative estimate of drug-likeness (QED) is 0.204. The Kier molecular flexibility index (Phi) is 9.28. The predicted octanol–water partition coefficient (Wildman–Crippen LogP) is 5.55. The van der Waals surface area contributed by atoms with Crippen molar-refractivity contribution in [2.24, 2.45) is 5.41 Å². The summed E-state index contributed by atoms with van der Waals surface area (Å²) in [5.41, 5.74) is 0.744. The molecule has 2 N–H and O–H groups in total. The summed E-state index contributed by atoms with van der Waals surface area (Å²) in [6.45, 7) is 0.557. The highest BCUT2D eigenvalue weighted by atomic mass is 19.2. The summed E-state index contributed by atoms with van der Waals surface area (Å²) in [5.74, 6) is 0.928. The van der Waals surface area contributed by atoms with Crippen LogP contribution in [-0.2, 0) is 11.5 Å². The molecule has 40 heavy (non-hydrogen) atoms. The second kappa shape index (κ2) is 12.7. The van der Waals surface area contributed by atoms with Gasteiger partial charge in [-0.2, -0.15) is 0 Å². The molecule has 212 valence electrons. The third-order valence-corrected chi connectivity index (χ3v) is 7.59. The van der Waals surface area contributed by atoms with Crippen LogP contribution in [-0.4, -0.2) is 52.8 Å². The fourth-order valence-corrected chi connectivity index (χ4v) is 5.35. The molecule has 1 aliphatic heterocycles. The molecule has 6 nitrogen and oxygen atoms in total. The molecule has 1 saturated heterocycles. The zero-order valence-electron chi connectivity index (χ0n) is 22.0. The Labute approximate surface area is 229 Å². The number of aromatic nitrogens is 1. The molecule has 1 fully saturated rings. The van der Waals surface area contributed by atoms with Gasteiger partial charge in [-0.15, -0.1) is 0 Å². The van der Waals surface area contributed by atoms with Crippen molar-refractivity contribution in [1.82, 2.24) is 9.88 Å². The molecule has 3 aromatic rings. The van der Waals surface area contributed by atoms with Crippen LogP contribution in [0.4, 0.5) is 17.6 Å². The maximum absolute atomic E-state index is 13.9. The maximum Gasteiger partial charge on any atom is 0.303 e. The van der Waals surface area contributed by atoms with E-state index in [-0.39, 0.29) is 30.5 Å². The zero-order chi connectivity index (χ0) is 28.9. The molecule has 0 bridgehead atoms. The number of benzene rings is 2. The van der Waals surface area contributed by atoms with Gasteiger partial charge in [0.2, 0.25) is 0 Å². The SMILES string of the molecule is COc1ccc2ncc(CF)c([C@@H](O)CCC3(CC(=O)O)CCN(CC#Cc4cc(F)c(F)c(F)c4)CC3)c2c1. The first-order valence-electron chi connectivity index (χ1n) is 12.9. The lowest BCUT2D eigenvalue weighted by Gasteiger charge is -2.41. The standard InChI is InChI=1S/C30H30F4N2O4/c1-40-21-4-5-25-22(15-21)28(20(17-31)18-35-25)26(37)6-7-30(16-27(38)39)8-11-36(12-9-30)10-2-3-19-13-23(32)29(34)24(33)14-19/h4-5,13-15,18,26,37H,6-12,16-17H2,1H3,(H,38,39)/t26-/m0/s1. The average molecular weight is 559 g/mol. The van der Waals surface area contributed by atoms with Gasteiger partial charge in [-0.25, -0.2) is 17.6 Å². The summed E-state index contributed by atoms with van der Waals surface area (Å²) >= 11 is 0. The van der Waals surface area contributed by atoms with Gasteiger partial charge in [0, 0.05) is 22.7 Å². The van der Waals surface area contributed by atoms with Gasteiger partial charge in [0.05, 0.1) is 31.7 Å². The van der Waals surface area contributed by atoms with Crippen molar-refractivity contribution in [1.29, 1.82) is 0 Å². The summed E-state index contributed by atoms with van der Waals surface area (Å²) < 4.78 is 59.1. The molecule has 0 unspecified atom stereocenters. The summed E-state index contributed by atoms with van der Waals surface area (Å²) in [7, 11) is 1.51. The number of halogens is 4. The Balaban J connectivity index is 1.45. The van der Waals surface area contributed by atoms with Crippen LogP contribution in [0.25, 0.3) is 10.9 Å². The summed E-state index contributed by atoms with van der Waals surface area (Å²) in [5, 5.41) is 21.4. The van der Waals surface area contributed by atoms with Gasteiger partial charge in [0.25, 0.3) is 0 Å². The Morgan fingerprint density at radius 3 is 2.50 bits per heavy atom. The van der Waals surface area contributed by atoms with E-state index in [2.05, 4.69) is 16.8 Å². The van der Waals surface area contributed by atoms with Crippen LogP contribution in [0.1, 0.15) is 54.9 Å². The molecule has 10 heteroatoms. The van der Waals surface area contributed by atoms with Crippen LogP contribution in [0.2, 0.25) is 0 Å². The molecular weight excluding hydrogens is 528 g/mol. The van der Waals surface area contributed by atoms with Crippen molar-refractivity contribution in [3.8, 4) is 17.6 Å². The van der Waals surface area contributed by atoms with Crippen molar-refractivity contribution < 1.29 is 37.3 Å². The van der Waals surface area contributed by atoms with Crippen LogP contribution in [0, 0.1) is 34.7 Å². The third-order valence-electron chi connectivity index (χ3n) is 7.59. The molecule has 0 amide bonds. The lowest BCUT2D eigenvalue weighted by atomic mass is 9.71. The molecule has 2 aromatic carbocycles. The normalized spacial score (nSPS) is 15.8. The van der Waals surface area contributed by atoms with Gasteiger partial charge in [0.15, 0.2) is 17.5 Å². The fourth-order valence-electron chi connectivity index (χ4n) is 5.35. The number of alkyl halides is 1. The van der Waals surface area contributed by atoms with Gasteiger partial charge < -0.3 is 14.9 Å². The summed E-state index contributed by atoms with van der Waals surface area (Å²) in [6, 6.07) is 6.85. The van der Waals surface area contributed by atoms with E-state index in [4.69, 9.17) is 4.74 Å². The molecule has 2 heterocycles. The molecule has 4 rings (SSSR count). The van der Waals surface area contributed by atoms with E-state index >= 15 is 0 Å². The van der Waals surface area contributed by atoms with Gasteiger partial charge in [-0.05, 0) is 80.1 Å². The minimum absolute atomic E-state index is 0.0246. The van der Waals surface area contributed by atoms with Crippen LogP contribution >= 0.6 is 0 Å². The second-order valence-electron chi connectivity index (χ2n) is 10.2. The zero-order valence-corrected chi connectivity index (χ0v) is 22.0. The van der Waals surface area contributed by atoms with Crippen molar-refractivity contribution >= 4 is 16.9 Å². The highest BCUT2D eigenvalue weighted by Crippen LogP contribution is 2.42. The number of likely N-dealkylation sites (tertiary alicyclic amines) is 1. The lowest BCUT2D eigenvalue weighted by molar-refractivity contribution is -0.141. The summed E-state index contributed by atoms with van der Waals surface area (Å²) in [4.78, 5) is 18.1. The number of pyridine rings is 1. The Bertz CT molecular complexity index is 1420. The molecule has 1 aliphatic rings. The van der Waals surface area contributed by atoms with E-state index in [0.717, 1.165) is 12.1 Å². The van der Waals surface area contributed by atoms with E-state index in [0.29, 0.717) is 54.6 Å². The maximum atomic E-state index is 13.9. The van der Waals surface area contributed by atoms with Gasteiger partial charge >= 0.3 is 5.97 Å². The predicted molar refractivity (Wildman–Crippen MR) is 141 cm³/mol. The minimum Gasteiger partial charge on any atom is -0.497 e. The van der Waals surface area contributed by atoms with E-state index in [1.165, 1.54) is 13.3 Å². The first-order chi connectivity index (χ1) is 19.1. The number of fused-ring (bicyclic) bond motifs is 1. The third kappa shape index (κ3) is 6.72. The lowest BCUT2D eigenvalue weighted by Crippen LogP contribution is -2.41. The van der Waals surface area contributed by atoms with Crippen LogP contribution in [0.5, 0.6) is 5.75 Å². The second-order valence-corrected chi connectivity index (χ2v) is 10.2. The average Bonchev–Trinajstić information content (AvgIpc) is 2.94. The highest BCUT2D eigenvalue weighted by molar-refractivity contribution is 5.85. The number of aliphatic hydroxyl groups excluding tert-OH is 1. The van der Waals surface area contributed by atoms with E-state index < -0.39 is 41.6 Å². The van der Waals surface area contributed by atoms with Gasteiger partial charge in [0.1, 0.15) is 12.4 Å². The number of aliphatic carboxylic acids is 1. The number of ether oxygens (including phenoxy) is 1. The number of hydrogen-bond acceptors (Lipinski definition) is 5. The number of carboxylic acids is 1. The van der Waals surface area contributed by atoms with Crippen LogP contribution < -0.4 is 4.74 Å². The number of carbonyl (C=O) groups is 1. The number of methoxy groups -OCH3 is 1. The van der Waals surface area contributed by atoms with Crippen molar-refractivity contribution in [2.45, 2.75) is 44.9 Å². The van der Waals surface area contributed by atoms with E-state index in [1.807, 2.05) is 4.90 Å². The topological polar surface area (TPSA) is 82.9 Å². The van der Waals surface area contributed by atoms with E-state index in [1.54, 1.807) is 18.2 Å².